The molecule has 0 saturated carbocycles. The molecule has 2 aromatic rings. The van der Waals surface area contributed by atoms with Crippen LogP contribution >= 0.6 is 0 Å². The topological polar surface area (TPSA) is 52.0 Å². The van der Waals surface area contributed by atoms with Gasteiger partial charge in [0.1, 0.15) is 5.76 Å². The van der Waals surface area contributed by atoms with Crippen LogP contribution in [0.5, 0.6) is 0 Å². The summed E-state index contributed by atoms with van der Waals surface area (Å²) in [5.74, 6) is 0.848. The highest BCUT2D eigenvalue weighted by atomic mass is 19.4. The lowest BCUT2D eigenvalue weighted by Crippen LogP contribution is -2.06. The highest BCUT2D eigenvalue weighted by molar-refractivity contribution is 5.71. The maximum absolute atomic E-state index is 12.5. The largest absolute Gasteiger partial charge is 0.441 e. The van der Waals surface area contributed by atoms with Crippen LogP contribution < -0.4 is 5.73 Å². The standard InChI is InChI=1S/C12H11F3N2O/c1-6-7(2)18-11(17-6)9-4-3-8(5-10(9)16)12(13,14)15/h3-5H,16H2,1-2H3. The Hall–Kier alpha value is -1.98. The van der Waals surface area contributed by atoms with Crippen LogP contribution in [0.4, 0.5) is 18.9 Å². The van der Waals surface area contributed by atoms with Crippen LogP contribution in [0.1, 0.15) is 17.0 Å². The molecule has 1 aromatic heterocycles. The second-order valence-electron chi connectivity index (χ2n) is 3.96. The molecule has 0 radical (unpaired) electrons. The Kier molecular flexibility index (Phi) is 2.80. The number of halogens is 3. The molecule has 1 heterocycles. The van der Waals surface area contributed by atoms with Crippen LogP contribution in [0, 0.1) is 13.8 Å². The molecule has 3 nitrogen and oxygen atoms in total. The Bertz CT molecular complexity index is 568. The molecule has 96 valence electrons. The smallest absolute Gasteiger partial charge is 0.416 e. The van der Waals surface area contributed by atoms with Gasteiger partial charge in [0.2, 0.25) is 5.89 Å². The van der Waals surface area contributed by atoms with Crippen LogP contribution in [-0.2, 0) is 6.18 Å². The number of aryl methyl sites for hydroxylation is 2. The summed E-state index contributed by atoms with van der Waals surface area (Å²) in [6.45, 7) is 3.48. The van der Waals surface area contributed by atoms with E-state index in [2.05, 4.69) is 4.98 Å². The van der Waals surface area contributed by atoms with E-state index >= 15 is 0 Å². The van der Waals surface area contributed by atoms with Crippen molar-refractivity contribution < 1.29 is 17.6 Å². The van der Waals surface area contributed by atoms with Crippen molar-refractivity contribution >= 4 is 5.69 Å². The van der Waals surface area contributed by atoms with Gasteiger partial charge in [0.25, 0.3) is 0 Å². The second kappa shape index (κ2) is 4.04. The van der Waals surface area contributed by atoms with E-state index in [-0.39, 0.29) is 11.6 Å². The molecular formula is C12H11F3N2O. The van der Waals surface area contributed by atoms with Crippen LogP contribution in [0.25, 0.3) is 11.5 Å². The van der Waals surface area contributed by atoms with Gasteiger partial charge in [0, 0.05) is 5.69 Å². The highest BCUT2D eigenvalue weighted by Crippen LogP contribution is 2.34. The first-order valence-corrected chi connectivity index (χ1v) is 5.20. The number of nitrogens with two attached hydrogens (primary N) is 1. The minimum atomic E-state index is -4.41. The summed E-state index contributed by atoms with van der Waals surface area (Å²) >= 11 is 0. The van der Waals surface area contributed by atoms with Gasteiger partial charge in [0.05, 0.1) is 16.8 Å². The van der Waals surface area contributed by atoms with Crippen LogP contribution in [0.2, 0.25) is 0 Å². The number of nitrogens with zero attached hydrogens (tertiary/aromatic N) is 1. The predicted molar refractivity (Wildman–Crippen MR) is 60.8 cm³/mol. The molecule has 2 rings (SSSR count). The minimum Gasteiger partial charge on any atom is -0.441 e. The summed E-state index contributed by atoms with van der Waals surface area (Å²) < 4.78 is 42.8. The first-order valence-electron chi connectivity index (χ1n) is 5.20. The number of nitrogen functional groups attached to an aromatic ring is 1. The zero-order valence-electron chi connectivity index (χ0n) is 9.80. The lowest BCUT2D eigenvalue weighted by molar-refractivity contribution is -0.137. The zero-order chi connectivity index (χ0) is 13.5. The van der Waals surface area contributed by atoms with E-state index < -0.39 is 11.7 Å². The van der Waals surface area contributed by atoms with Gasteiger partial charge >= 0.3 is 6.18 Å². The average Bonchev–Trinajstić information content (AvgIpc) is 2.57. The fourth-order valence-electron chi connectivity index (χ4n) is 1.52. The maximum atomic E-state index is 12.5. The normalized spacial score (nSPS) is 11.8. The Morgan fingerprint density at radius 2 is 1.89 bits per heavy atom. The van der Waals surface area contributed by atoms with Crippen molar-refractivity contribution in [3.8, 4) is 11.5 Å². The number of alkyl halides is 3. The molecule has 0 bridgehead atoms. The molecule has 2 N–H and O–H groups in total. The fraction of sp³-hybridized carbons (Fsp3) is 0.250. The number of benzene rings is 1. The van der Waals surface area contributed by atoms with Crippen molar-refractivity contribution in [2.75, 3.05) is 5.73 Å². The van der Waals surface area contributed by atoms with Gasteiger partial charge in [0.15, 0.2) is 0 Å². The molecule has 0 saturated heterocycles. The maximum Gasteiger partial charge on any atom is 0.416 e. The van der Waals surface area contributed by atoms with Gasteiger partial charge < -0.3 is 10.2 Å². The Labute approximate surface area is 101 Å². The molecule has 0 aliphatic carbocycles. The summed E-state index contributed by atoms with van der Waals surface area (Å²) in [7, 11) is 0. The summed E-state index contributed by atoms with van der Waals surface area (Å²) in [4.78, 5) is 4.11. The number of anilines is 1. The number of hydrogen-bond donors (Lipinski definition) is 1. The van der Waals surface area contributed by atoms with Gasteiger partial charge in [-0.25, -0.2) is 4.98 Å². The van der Waals surface area contributed by atoms with Crippen molar-refractivity contribution in [2.24, 2.45) is 0 Å². The van der Waals surface area contributed by atoms with E-state index in [1.807, 2.05) is 0 Å². The van der Waals surface area contributed by atoms with Crippen molar-refractivity contribution in [1.29, 1.82) is 0 Å². The Morgan fingerprint density at radius 3 is 2.33 bits per heavy atom. The molecule has 0 aliphatic heterocycles. The van der Waals surface area contributed by atoms with E-state index in [9.17, 15) is 13.2 Å². The number of hydrogen-bond acceptors (Lipinski definition) is 3. The van der Waals surface area contributed by atoms with E-state index in [1.165, 1.54) is 6.07 Å². The molecule has 0 spiro atoms. The molecule has 6 heteroatoms. The first-order chi connectivity index (χ1) is 8.29. The van der Waals surface area contributed by atoms with Crippen LogP contribution in [0.3, 0.4) is 0 Å². The Morgan fingerprint density at radius 1 is 1.22 bits per heavy atom. The number of aromatic nitrogens is 1. The van der Waals surface area contributed by atoms with E-state index in [0.717, 1.165) is 12.1 Å². The van der Waals surface area contributed by atoms with E-state index in [4.69, 9.17) is 10.2 Å². The molecular weight excluding hydrogens is 245 g/mol. The molecule has 0 atom stereocenters. The highest BCUT2D eigenvalue weighted by Gasteiger charge is 2.31. The van der Waals surface area contributed by atoms with Crippen LogP contribution in [-0.4, -0.2) is 4.98 Å². The molecule has 18 heavy (non-hydrogen) atoms. The molecule has 0 fully saturated rings. The molecule has 0 unspecified atom stereocenters. The first kappa shape index (κ1) is 12.5. The van der Waals surface area contributed by atoms with Crippen molar-refractivity contribution in [3.63, 3.8) is 0 Å². The van der Waals surface area contributed by atoms with Crippen molar-refractivity contribution in [3.05, 3.63) is 35.2 Å². The molecule has 1 aromatic carbocycles. The Balaban J connectivity index is 2.48. The quantitative estimate of drug-likeness (QED) is 0.794. The summed E-state index contributed by atoms with van der Waals surface area (Å²) in [5.41, 5.74) is 5.86. The van der Waals surface area contributed by atoms with Gasteiger partial charge in [-0.3, -0.25) is 0 Å². The summed E-state index contributed by atoms with van der Waals surface area (Å²) in [6, 6.07) is 3.10. The molecule has 0 aliphatic rings. The zero-order valence-corrected chi connectivity index (χ0v) is 9.80. The third-order valence-corrected chi connectivity index (χ3v) is 2.64. The SMILES string of the molecule is Cc1nc(-c2ccc(C(F)(F)F)cc2N)oc1C. The lowest BCUT2D eigenvalue weighted by atomic mass is 10.1. The fourth-order valence-corrected chi connectivity index (χ4v) is 1.52. The monoisotopic (exact) mass is 256 g/mol. The summed E-state index contributed by atoms with van der Waals surface area (Å²) in [6.07, 6.45) is -4.41. The van der Waals surface area contributed by atoms with Gasteiger partial charge in [-0.2, -0.15) is 13.2 Å². The lowest BCUT2D eigenvalue weighted by Gasteiger charge is -2.08. The van der Waals surface area contributed by atoms with E-state index in [0.29, 0.717) is 17.0 Å². The average molecular weight is 256 g/mol. The van der Waals surface area contributed by atoms with Gasteiger partial charge in [-0.05, 0) is 32.0 Å². The third-order valence-electron chi connectivity index (χ3n) is 2.64. The van der Waals surface area contributed by atoms with Crippen LogP contribution in [0.15, 0.2) is 22.6 Å². The van der Waals surface area contributed by atoms with Crippen molar-refractivity contribution in [1.82, 2.24) is 4.98 Å². The molecule has 0 amide bonds. The second-order valence-corrected chi connectivity index (χ2v) is 3.96. The predicted octanol–water partition coefficient (Wildman–Crippen LogP) is 3.56. The van der Waals surface area contributed by atoms with Crippen molar-refractivity contribution in [2.45, 2.75) is 20.0 Å². The van der Waals surface area contributed by atoms with E-state index in [1.54, 1.807) is 13.8 Å². The van der Waals surface area contributed by atoms with Gasteiger partial charge in [-0.15, -0.1) is 0 Å². The number of oxazole rings is 1. The number of rotatable bonds is 1. The minimum absolute atomic E-state index is 0.00826. The summed E-state index contributed by atoms with van der Waals surface area (Å²) in [5, 5.41) is 0. The third kappa shape index (κ3) is 2.18. The van der Waals surface area contributed by atoms with Gasteiger partial charge in [-0.1, -0.05) is 0 Å².